The number of hydrogen-bond donors (Lipinski definition) is 0. The minimum Gasteiger partial charge on any atom is -0.493 e. The van der Waals surface area contributed by atoms with E-state index in [-0.39, 0.29) is 11.8 Å². The molecular formula is C22H22N2O4S. The average molecular weight is 410 g/mol. The lowest BCUT2D eigenvalue weighted by atomic mass is 9.98. The fraction of sp³-hybridized carbons (Fsp3) is 0.364. The van der Waals surface area contributed by atoms with Gasteiger partial charge in [0.1, 0.15) is 13.2 Å². The van der Waals surface area contributed by atoms with Gasteiger partial charge in [0.25, 0.3) is 5.91 Å². The number of hydrogen-bond acceptors (Lipinski definition) is 6. The fourth-order valence-corrected chi connectivity index (χ4v) is 5.10. The van der Waals surface area contributed by atoms with E-state index in [4.69, 9.17) is 19.2 Å². The molecule has 2 aromatic carbocycles. The Balaban J connectivity index is 1.40. The van der Waals surface area contributed by atoms with Gasteiger partial charge in [-0.05, 0) is 37.1 Å². The summed E-state index contributed by atoms with van der Waals surface area (Å²) in [5, 5.41) is 1.11. The summed E-state index contributed by atoms with van der Waals surface area (Å²) in [5.74, 6) is 1.93. The van der Waals surface area contributed by atoms with Gasteiger partial charge >= 0.3 is 0 Å². The van der Waals surface area contributed by atoms with E-state index >= 15 is 0 Å². The molecular weight excluding hydrogens is 388 g/mol. The highest BCUT2D eigenvalue weighted by Gasteiger charge is 2.29. The van der Waals surface area contributed by atoms with E-state index in [9.17, 15) is 4.79 Å². The van der Waals surface area contributed by atoms with Gasteiger partial charge in [0.15, 0.2) is 11.5 Å². The number of aromatic nitrogens is 1. The number of amides is 1. The Bertz CT molecular complexity index is 1010. The van der Waals surface area contributed by atoms with E-state index in [0.29, 0.717) is 42.6 Å². The summed E-state index contributed by atoms with van der Waals surface area (Å²) in [4.78, 5) is 20.0. The topological polar surface area (TPSA) is 60.9 Å². The maximum atomic E-state index is 13.3. The highest BCUT2D eigenvalue weighted by Crippen LogP contribution is 2.41. The van der Waals surface area contributed by atoms with Crippen LogP contribution in [-0.4, -0.2) is 49.2 Å². The summed E-state index contributed by atoms with van der Waals surface area (Å²) in [6, 6.07) is 11.7. The van der Waals surface area contributed by atoms with Crippen LogP contribution in [0, 0.1) is 0 Å². The first-order valence-electron chi connectivity index (χ1n) is 9.85. The number of methoxy groups -OCH3 is 1. The van der Waals surface area contributed by atoms with Crippen molar-refractivity contribution in [2.45, 2.75) is 18.8 Å². The van der Waals surface area contributed by atoms with Crippen LogP contribution in [0.3, 0.4) is 0 Å². The predicted molar refractivity (Wildman–Crippen MR) is 111 cm³/mol. The van der Waals surface area contributed by atoms with Crippen LogP contribution < -0.4 is 14.2 Å². The molecule has 1 amide bonds. The number of carbonyl (C=O) groups excluding carboxylic acids is 1. The number of likely N-dealkylation sites (tertiary alicyclic amines) is 1. The molecule has 3 heterocycles. The Morgan fingerprint density at radius 1 is 1.24 bits per heavy atom. The second-order valence-electron chi connectivity index (χ2n) is 7.31. The third-order valence-electron chi connectivity index (χ3n) is 5.44. The number of fused-ring (bicyclic) bond motifs is 2. The Morgan fingerprint density at radius 2 is 2.10 bits per heavy atom. The van der Waals surface area contributed by atoms with Gasteiger partial charge in [-0.2, -0.15) is 0 Å². The van der Waals surface area contributed by atoms with Crippen LogP contribution in [0.4, 0.5) is 0 Å². The van der Waals surface area contributed by atoms with Gasteiger partial charge < -0.3 is 19.1 Å². The SMILES string of the molecule is COc1cc(C(=O)N2CCC[C@H](c3nc4ccccc4s3)C2)cc2c1OCCO2. The quantitative estimate of drug-likeness (QED) is 0.651. The number of para-hydroxylation sites is 1. The molecule has 0 N–H and O–H groups in total. The summed E-state index contributed by atoms with van der Waals surface area (Å²) in [7, 11) is 1.58. The van der Waals surface area contributed by atoms with E-state index in [1.807, 2.05) is 23.1 Å². The van der Waals surface area contributed by atoms with Crippen molar-refractivity contribution in [3.8, 4) is 17.2 Å². The van der Waals surface area contributed by atoms with Gasteiger partial charge in [0.2, 0.25) is 5.75 Å². The van der Waals surface area contributed by atoms with Crippen LogP contribution >= 0.6 is 11.3 Å². The summed E-state index contributed by atoms with van der Waals surface area (Å²) >= 11 is 1.73. The predicted octanol–water partition coefficient (Wildman–Crippen LogP) is 4.10. The Kier molecular flexibility index (Phi) is 4.75. The third-order valence-corrected chi connectivity index (χ3v) is 6.64. The molecule has 0 aliphatic carbocycles. The highest BCUT2D eigenvalue weighted by molar-refractivity contribution is 7.18. The van der Waals surface area contributed by atoms with Gasteiger partial charge in [-0.25, -0.2) is 4.98 Å². The number of benzene rings is 2. The molecule has 1 atom stereocenters. The molecule has 5 rings (SSSR count). The molecule has 150 valence electrons. The first-order chi connectivity index (χ1) is 14.2. The number of ether oxygens (including phenoxy) is 3. The molecule has 0 unspecified atom stereocenters. The molecule has 1 aromatic heterocycles. The van der Waals surface area contributed by atoms with Crippen LogP contribution in [0.15, 0.2) is 36.4 Å². The maximum Gasteiger partial charge on any atom is 0.254 e. The second kappa shape index (κ2) is 7.55. The molecule has 0 saturated carbocycles. The van der Waals surface area contributed by atoms with E-state index in [2.05, 4.69) is 6.07 Å². The molecule has 2 aliphatic heterocycles. The summed E-state index contributed by atoms with van der Waals surface area (Å²) < 4.78 is 18.0. The molecule has 29 heavy (non-hydrogen) atoms. The second-order valence-corrected chi connectivity index (χ2v) is 8.38. The number of nitrogens with zero attached hydrogens (tertiary/aromatic N) is 2. The summed E-state index contributed by atoms with van der Waals surface area (Å²) in [6.45, 7) is 2.37. The van der Waals surface area contributed by atoms with Crippen molar-refractivity contribution in [3.05, 3.63) is 47.0 Å². The highest BCUT2D eigenvalue weighted by atomic mass is 32.1. The van der Waals surface area contributed by atoms with E-state index < -0.39 is 0 Å². The van der Waals surface area contributed by atoms with Crippen molar-refractivity contribution in [1.29, 1.82) is 0 Å². The van der Waals surface area contributed by atoms with Crippen LogP contribution in [0.5, 0.6) is 17.2 Å². The van der Waals surface area contributed by atoms with Crippen molar-refractivity contribution < 1.29 is 19.0 Å². The lowest BCUT2D eigenvalue weighted by Gasteiger charge is -2.32. The first kappa shape index (κ1) is 18.2. The van der Waals surface area contributed by atoms with E-state index in [1.54, 1.807) is 30.6 Å². The number of piperidine rings is 1. The lowest BCUT2D eigenvalue weighted by Crippen LogP contribution is -2.39. The van der Waals surface area contributed by atoms with Crippen molar-refractivity contribution in [1.82, 2.24) is 9.88 Å². The maximum absolute atomic E-state index is 13.3. The molecule has 3 aromatic rings. The van der Waals surface area contributed by atoms with Crippen LogP contribution in [0.25, 0.3) is 10.2 Å². The average Bonchev–Trinajstić information content (AvgIpc) is 3.22. The van der Waals surface area contributed by atoms with Gasteiger partial charge in [0.05, 0.1) is 22.3 Å². The van der Waals surface area contributed by atoms with Crippen molar-refractivity contribution in [2.75, 3.05) is 33.4 Å². The Morgan fingerprint density at radius 3 is 2.97 bits per heavy atom. The van der Waals surface area contributed by atoms with Crippen molar-refractivity contribution >= 4 is 27.5 Å². The molecule has 0 bridgehead atoms. The Labute approximate surface area is 173 Å². The van der Waals surface area contributed by atoms with Gasteiger partial charge in [-0.15, -0.1) is 11.3 Å². The number of thiazole rings is 1. The Hall–Kier alpha value is -2.80. The first-order valence-corrected chi connectivity index (χ1v) is 10.7. The summed E-state index contributed by atoms with van der Waals surface area (Å²) in [6.07, 6.45) is 2.02. The van der Waals surface area contributed by atoms with Gasteiger partial charge in [-0.1, -0.05) is 12.1 Å². The number of carbonyl (C=O) groups is 1. The lowest BCUT2D eigenvalue weighted by molar-refractivity contribution is 0.0705. The standard InChI is InChI=1S/C22H22N2O4S/c1-26-17-11-15(12-18-20(17)28-10-9-27-18)22(25)24-8-4-5-14(13-24)21-23-16-6-2-3-7-19(16)29-21/h2-3,6-7,11-12,14H,4-5,8-10,13H2,1H3/t14-/m0/s1. The van der Waals surface area contributed by atoms with Crippen LogP contribution in [0.2, 0.25) is 0 Å². The zero-order valence-electron chi connectivity index (χ0n) is 16.2. The fourth-order valence-electron chi connectivity index (χ4n) is 4.01. The minimum absolute atomic E-state index is 0.00826. The molecule has 0 radical (unpaired) electrons. The monoisotopic (exact) mass is 410 g/mol. The zero-order valence-corrected chi connectivity index (χ0v) is 17.0. The number of rotatable bonds is 3. The van der Waals surface area contributed by atoms with E-state index in [0.717, 1.165) is 29.9 Å². The normalized spacial score (nSPS) is 18.7. The molecule has 2 aliphatic rings. The summed E-state index contributed by atoms with van der Waals surface area (Å²) in [5.41, 5.74) is 1.60. The molecule has 1 fully saturated rings. The molecule has 6 nitrogen and oxygen atoms in total. The van der Waals surface area contributed by atoms with Crippen LogP contribution in [0.1, 0.15) is 34.1 Å². The largest absolute Gasteiger partial charge is 0.493 e. The van der Waals surface area contributed by atoms with Gasteiger partial charge in [-0.3, -0.25) is 4.79 Å². The van der Waals surface area contributed by atoms with Crippen LogP contribution in [-0.2, 0) is 0 Å². The smallest absolute Gasteiger partial charge is 0.254 e. The molecule has 7 heteroatoms. The van der Waals surface area contributed by atoms with Crippen molar-refractivity contribution in [3.63, 3.8) is 0 Å². The third kappa shape index (κ3) is 3.40. The van der Waals surface area contributed by atoms with E-state index in [1.165, 1.54) is 4.70 Å². The van der Waals surface area contributed by atoms with Crippen molar-refractivity contribution in [2.24, 2.45) is 0 Å². The molecule has 0 spiro atoms. The molecule has 1 saturated heterocycles. The van der Waals surface area contributed by atoms with Gasteiger partial charge in [0, 0.05) is 24.6 Å². The minimum atomic E-state index is -0.00826. The zero-order chi connectivity index (χ0) is 19.8.